The first-order chi connectivity index (χ1) is 12.2. The SMILES string of the molecule is CCCCCC1CCC(c2ccc(Cc3ccc(C)cc3)cc2)CC1. The zero-order chi connectivity index (χ0) is 17.5. The molecule has 0 aromatic heterocycles. The Labute approximate surface area is 154 Å². The lowest BCUT2D eigenvalue weighted by Gasteiger charge is -2.29. The summed E-state index contributed by atoms with van der Waals surface area (Å²) >= 11 is 0. The molecule has 1 fully saturated rings. The number of aryl methyl sites for hydroxylation is 1. The molecule has 1 aliphatic carbocycles. The first-order valence-corrected chi connectivity index (χ1v) is 10.4. The topological polar surface area (TPSA) is 0 Å². The molecule has 1 saturated carbocycles. The van der Waals surface area contributed by atoms with Crippen LogP contribution in [0.5, 0.6) is 0 Å². The molecule has 2 aromatic rings. The molecule has 0 heteroatoms. The second kappa shape index (κ2) is 9.22. The Kier molecular flexibility index (Phi) is 6.73. The van der Waals surface area contributed by atoms with Gasteiger partial charge in [-0.25, -0.2) is 0 Å². The molecule has 0 spiro atoms. The van der Waals surface area contributed by atoms with Crippen LogP contribution in [0.15, 0.2) is 48.5 Å². The molecule has 0 aliphatic heterocycles. The fourth-order valence-corrected chi connectivity index (χ4v) is 4.32. The number of unbranched alkanes of at least 4 members (excludes halogenated alkanes) is 2. The van der Waals surface area contributed by atoms with E-state index in [4.69, 9.17) is 0 Å². The maximum absolute atomic E-state index is 2.39. The van der Waals surface area contributed by atoms with Gasteiger partial charge in [0.05, 0.1) is 0 Å². The molecule has 1 aliphatic rings. The second-order valence-corrected chi connectivity index (χ2v) is 8.12. The summed E-state index contributed by atoms with van der Waals surface area (Å²) in [6.07, 6.45) is 12.4. The van der Waals surface area contributed by atoms with Crippen molar-refractivity contribution in [1.29, 1.82) is 0 Å². The first-order valence-electron chi connectivity index (χ1n) is 10.4. The van der Waals surface area contributed by atoms with Crippen LogP contribution in [0.2, 0.25) is 0 Å². The highest BCUT2D eigenvalue weighted by Gasteiger charge is 2.21. The summed E-state index contributed by atoms with van der Waals surface area (Å²) in [6, 6.07) is 18.4. The zero-order valence-electron chi connectivity index (χ0n) is 16.1. The standard InChI is InChI=1S/C25H34/c1-3-4-5-6-21-11-15-24(16-12-21)25-17-13-23(14-18-25)19-22-9-7-20(2)8-10-22/h7-10,13-14,17-18,21,24H,3-6,11-12,15-16,19H2,1-2H3. The minimum Gasteiger partial charge on any atom is -0.0654 e. The summed E-state index contributed by atoms with van der Waals surface area (Å²) < 4.78 is 0. The third-order valence-electron chi connectivity index (χ3n) is 6.04. The summed E-state index contributed by atoms with van der Waals surface area (Å²) in [5, 5.41) is 0. The average Bonchev–Trinajstić information content (AvgIpc) is 2.65. The normalized spacial score (nSPS) is 20.6. The molecule has 3 rings (SSSR count). The number of hydrogen-bond acceptors (Lipinski definition) is 0. The Morgan fingerprint density at radius 1 is 0.760 bits per heavy atom. The van der Waals surface area contributed by atoms with Gasteiger partial charge < -0.3 is 0 Å². The van der Waals surface area contributed by atoms with Crippen molar-refractivity contribution in [2.24, 2.45) is 5.92 Å². The predicted octanol–water partition coefficient (Wildman–Crippen LogP) is 7.44. The minimum absolute atomic E-state index is 0.802. The van der Waals surface area contributed by atoms with E-state index in [1.807, 2.05) is 0 Å². The van der Waals surface area contributed by atoms with Gasteiger partial charge >= 0.3 is 0 Å². The predicted molar refractivity (Wildman–Crippen MR) is 109 cm³/mol. The summed E-state index contributed by atoms with van der Waals surface area (Å²) in [5.41, 5.74) is 5.75. The summed E-state index contributed by atoms with van der Waals surface area (Å²) in [6.45, 7) is 4.45. The molecule has 0 heterocycles. The molecule has 0 amide bonds. The number of benzene rings is 2. The number of hydrogen-bond donors (Lipinski definition) is 0. The molecule has 0 atom stereocenters. The van der Waals surface area contributed by atoms with Crippen LogP contribution in [0, 0.1) is 12.8 Å². The van der Waals surface area contributed by atoms with Gasteiger partial charge in [0.2, 0.25) is 0 Å². The van der Waals surface area contributed by atoms with Gasteiger partial charge in [-0.1, -0.05) is 86.7 Å². The van der Waals surface area contributed by atoms with Crippen molar-refractivity contribution in [3.8, 4) is 0 Å². The molecule has 0 unspecified atom stereocenters. The van der Waals surface area contributed by atoms with Gasteiger partial charge in [0, 0.05) is 0 Å². The highest BCUT2D eigenvalue weighted by Crippen LogP contribution is 2.37. The van der Waals surface area contributed by atoms with E-state index in [0.717, 1.165) is 18.3 Å². The van der Waals surface area contributed by atoms with E-state index in [1.165, 1.54) is 68.1 Å². The van der Waals surface area contributed by atoms with Crippen molar-refractivity contribution in [1.82, 2.24) is 0 Å². The largest absolute Gasteiger partial charge is 0.0654 e. The quantitative estimate of drug-likeness (QED) is 0.461. The number of rotatable bonds is 7. The van der Waals surface area contributed by atoms with E-state index < -0.39 is 0 Å². The van der Waals surface area contributed by atoms with Gasteiger partial charge in [-0.05, 0) is 67.6 Å². The van der Waals surface area contributed by atoms with Crippen molar-refractivity contribution in [2.45, 2.75) is 77.6 Å². The molecule has 0 radical (unpaired) electrons. The van der Waals surface area contributed by atoms with E-state index in [9.17, 15) is 0 Å². The lowest BCUT2D eigenvalue weighted by Crippen LogP contribution is -2.13. The van der Waals surface area contributed by atoms with Crippen molar-refractivity contribution < 1.29 is 0 Å². The first kappa shape index (κ1) is 18.2. The molecule has 25 heavy (non-hydrogen) atoms. The van der Waals surface area contributed by atoms with Gasteiger partial charge in [0.25, 0.3) is 0 Å². The Morgan fingerprint density at radius 3 is 1.96 bits per heavy atom. The van der Waals surface area contributed by atoms with E-state index in [-0.39, 0.29) is 0 Å². The van der Waals surface area contributed by atoms with Crippen molar-refractivity contribution in [3.63, 3.8) is 0 Å². The molecular formula is C25H34. The third-order valence-corrected chi connectivity index (χ3v) is 6.04. The summed E-state index contributed by atoms with van der Waals surface area (Å²) in [5.74, 6) is 1.81. The van der Waals surface area contributed by atoms with Crippen LogP contribution in [-0.4, -0.2) is 0 Å². The highest BCUT2D eigenvalue weighted by molar-refractivity contribution is 5.31. The molecular weight excluding hydrogens is 300 g/mol. The Morgan fingerprint density at radius 2 is 1.36 bits per heavy atom. The van der Waals surface area contributed by atoms with Crippen LogP contribution < -0.4 is 0 Å². The fraction of sp³-hybridized carbons (Fsp3) is 0.520. The molecule has 2 aromatic carbocycles. The lowest BCUT2D eigenvalue weighted by molar-refractivity contribution is 0.303. The van der Waals surface area contributed by atoms with Crippen molar-refractivity contribution in [2.75, 3.05) is 0 Å². The second-order valence-electron chi connectivity index (χ2n) is 8.12. The zero-order valence-corrected chi connectivity index (χ0v) is 16.1. The third kappa shape index (κ3) is 5.46. The monoisotopic (exact) mass is 334 g/mol. The van der Waals surface area contributed by atoms with Gasteiger partial charge in [-0.15, -0.1) is 0 Å². The van der Waals surface area contributed by atoms with E-state index in [2.05, 4.69) is 62.4 Å². The fourth-order valence-electron chi connectivity index (χ4n) is 4.32. The van der Waals surface area contributed by atoms with Gasteiger partial charge in [0.1, 0.15) is 0 Å². The minimum atomic E-state index is 0.802. The highest BCUT2D eigenvalue weighted by atomic mass is 14.3. The average molecular weight is 335 g/mol. The van der Waals surface area contributed by atoms with Crippen LogP contribution in [0.4, 0.5) is 0 Å². The van der Waals surface area contributed by atoms with E-state index in [1.54, 1.807) is 5.56 Å². The van der Waals surface area contributed by atoms with Gasteiger partial charge in [-0.2, -0.15) is 0 Å². The summed E-state index contributed by atoms with van der Waals surface area (Å²) in [4.78, 5) is 0. The molecule has 0 nitrogen and oxygen atoms in total. The van der Waals surface area contributed by atoms with Crippen molar-refractivity contribution >= 4 is 0 Å². The van der Waals surface area contributed by atoms with Crippen LogP contribution in [0.1, 0.15) is 86.5 Å². The maximum Gasteiger partial charge on any atom is -0.00258 e. The summed E-state index contributed by atoms with van der Waals surface area (Å²) in [7, 11) is 0. The smallest absolute Gasteiger partial charge is 0.00258 e. The Balaban J connectivity index is 1.50. The van der Waals surface area contributed by atoms with Crippen LogP contribution in [0.25, 0.3) is 0 Å². The van der Waals surface area contributed by atoms with Gasteiger partial charge in [-0.3, -0.25) is 0 Å². The van der Waals surface area contributed by atoms with E-state index >= 15 is 0 Å². The lowest BCUT2D eigenvalue weighted by atomic mass is 9.77. The molecule has 0 saturated heterocycles. The molecule has 0 bridgehead atoms. The van der Waals surface area contributed by atoms with Crippen LogP contribution in [0.3, 0.4) is 0 Å². The van der Waals surface area contributed by atoms with E-state index in [0.29, 0.717) is 0 Å². The van der Waals surface area contributed by atoms with Crippen molar-refractivity contribution in [3.05, 3.63) is 70.8 Å². The Bertz CT molecular complexity index is 612. The molecule has 0 N–H and O–H groups in total. The van der Waals surface area contributed by atoms with Crippen LogP contribution in [-0.2, 0) is 6.42 Å². The maximum atomic E-state index is 2.39. The van der Waals surface area contributed by atoms with Crippen LogP contribution >= 0.6 is 0 Å². The van der Waals surface area contributed by atoms with Gasteiger partial charge in [0.15, 0.2) is 0 Å². The molecule has 134 valence electrons. The Hall–Kier alpha value is -1.56.